The third-order valence-electron chi connectivity index (χ3n) is 11.7. The van der Waals surface area contributed by atoms with Crippen LogP contribution < -0.4 is 16.2 Å². The average molecular weight is 880 g/mol. The summed E-state index contributed by atoms with van der Waals surface area (Å²) in [6, 6.07) is 19.6. The first-order valence-electron chi connectivity index (χ1n) is 20.0. The van der Waals surface area contributed by atoms with Crippen molar-refractivity contribution in [1.82, 2.24) is 15.2 Å². The summed E-state index contributed by atoms with van der Waals surface area (Å²) in [5, 5.41) is 33.4. The third kappa shape index (κ3) is 10.5. The van der Waals surface area contributed by atoms with Gasteiger partial charge in [0.1, 0.15) is 11.9 Å². The molecule has 15 heteroatoms. The SMILES string of the molecule is CN(CCC(=O)Nc1ccc(CNC[C@H](O[Si](C)(C)C(C)(C)C)c2ccc(O)c3[nH]c(=O)ccc23)cc1Cl)[C@H]1CC[C@H](OC(=O)C(O)(c2cccs2)c2cccs2)CC1. The first-order chi connectivity index (χ1) is 28.0. The summed E-state index contributed by atoms with van der Waals surface area (Å²) in [5.74, 6) is -0.773. The van der Waals surface area contributed by atoms with E-state index in [0.717, 1.165) is 29.4 Å². The number of ether oxygens (including phenoxy) is 1. The summed E-state index contributed by atoms with van der Waals surface area (Å²) in [4.78, 5) is 44.6. The molecule has 1 fully saturated rings. The fraction of sp³-hybridized carbons (Fsp3) is 0.432. The fourth-order valence-corrected chi connectivity index (χ4v) is 10.4. The van der Waals surface area contributed by atoms with Crippen molar-refractivity contribution in [2.75, 3.05) is 25.5 Å². The molecule has 2 aromatic carbocycles. The van der Waals surface area contributed by atoms with Crippen LogP contribution in [0.25, 0.3) is 10.9 Å². The summed E-state index contributed by atoms with van der Waals surface area (Å²) in [6.45, 7) is 12.5. The van der Waals surface area contributed by atoms with Gasteiger partial charge in [-0.15, -0.1) is 22.7 Å². The Balaban J connectivity index is 0.985. The second-order valence-electron chi connectivity index (χ2n) is 16.9. The van der Waals surface area contributed by atoms with E-state index in [4.69, 9.17) is 20.8 Å². The van der Waals surface area contributed by atoms with Crippen LogP contribution in [0, 0.1) is 0 Å². The van der Waals surface area contributed by atoms with E-state index in [0.29, 0.717) is 58.5 Å². The monoisotopic (exact) mass is 878 g/mol. The molecular weight excluding hydrogens is 824 g/mol. The number of hydrogen-bond donors (Lipinski definition) is 5. The van der Waals surface area contributed by atoms with E-state index in [1.165, 1.54) is 28.7 Å². The number of carbonyl (C=O) groups is 2. The van der Waals surface area contributed by atoms with Crippen molar-refractivity contribution in [2.24, 2.45) is 0 Å². The van der Waals surface area contributed by atoms with Crippen LogP contribution in [-0.4, -0.2) is 72.6 Å². The van der Waals surface area contributed by atoms with Crippen molar-refractivity contribution in [3.63, 3.8) is 0 Å². The Labute approximate surface area is 359 Å². The zero-order valence-corrected chi connectivity index (χ0v) is 37.9. The van der Waals surface area contributed by atoms with Gasteiger partial charge in [-0.1, -0.05) is 56.6 Å². The van der Waals surface area contributed by atoms with Crippen molar-refractivity contribution < 1.29 is 29.0 Å². The average Bonchev–Trinajstić information content (AvgIpc) is 3.94. The lowest BCUT2D eigenvalue weighted by Crippen LogP contribution is -2.43. The molecule has 1 amide bonds. The van der Waals surface area contributed by atoms with Crippen LogP contribution in [-0.2, 0) is 30.9 Å². The molecule has 6 rings (SSSR count). The second kappa shape index (κ2) is 18.8. The number of phenols is 1. The van der Waals surface area contributed by atoms with Gasteiger partial charge < -0.3 is 39.9 Å². The number of nitrogens with one attached hydrogen (secondary N) is 3. The molecule has 1 aliphatic carbocycles. The van der Waals surface area contributed by atoms with Crippen molar-refractivity contribution in [2.45, 2.75) is 101 Å². The number of amides is 1. The zero-order chi connectivity index (χ0) is 42.5. The van der Waals surface area contributed by atoms with Crippen LogP contribution >= 0.6 is 34.3 Å². The lowest BCUT2D eigenvalue weighted by molar-refractivity contribution is -0.169. The number of esters is 1. The highest BCUT2D eigenvalue weighted by Crippen LogP contribution is 2.42. The molecule has 0 aliphatic heterocycles. The van der Waals surface area contributed by atoms with E-state index < -0.39 is 19.9 Å². The zero-order valence-electron chi connectivity index (χ0n) is 34.5. The van der Waals surface area contributed by atoms with Crippen LogP contribution in [0.5, 0.6) is 5.75 Å². The largest absolute Gasteiger partial charge is 0.506 e. The number of H-pyrrole nitrogens is 1. The Morgan fingerprint density at radius 2 is 1.68 bits per heavy atom. The number of carbonyl (C=O) groups excluding carboxylic acids is 2. The van der Waals surface area contributed by atoms with Crippen LogP contribution in [0.15, 0.2) is 82.3 Å². The normalized spacial score (nSPS) is 17.0. The van der Waals surface area contributed by atoms with Crippen LogP contribution in [0.1, 0.15) is 79.9 Å². The standard InChI is InChI=1S/C44H55ClN4O7S2Si/c1-43(2,3)59(5,6)56-36(31-16-19-35(50)41-32(31)17-20-39(51)48-41)27-46-26-28-11-18-34(33(45)25-28)47-40(52)21-22-49(4)29-12-14-30(15-13-29)55-42(53)44(54,37-9-7-23-57-37)38-10-8-24-58-38/h7-11,16-20,23-25,29-30,36,46,50,54H,12-15,21-22,26-27H2,1-6H3,(H,47,52)(H,48,51)/t29-,30-,36-/m0/s1. The van der Waals surface area contributed by atoms with Crippen molar-refractivity contribution in [3.8, 4) is 5.75 Å². The Kier molecular flexibility index (Phi) is 14.2. The van der Waals surface area contributed by atoms with Crippen LogP contribution in [0.2, 0.25) is 23.2 Å². The topological polar surface area (TPSA) is 153 Å². The van der Waals surface area contributed by atoms with Crippen molar-refractivity contribution in [3.05, 3.63) is 114 Å². The number of phenolic OH excluding ortho intramolecular Hbond substituents is 1. The van der Waals surface area contributed by atoms with Gasteiger partial charge in [0.25, 0.3) is 0 Å². The Bertz CT molecular complexity index is 2230. The molecule has 3 aromatic heterocycles. The number of benzene rings is 2. The number of anilines is 1. The molecule has 0 bridgehead atoms. The van der Waals surface area contributed by atoms with Gasteiger partial charge in [-0.25, -0.2) is 4.79 Å². The van der Waals surface area contributed by atoms with Crippen LogP contribution in [0.3, 0.4) is 0 Å². The Morgan fingerprint density at radius 1 is 1.00 bits per heavy atom. The van der Waals surface area contributed by atoms with Gasteiger partial charge in [-0.05, 0) is 109 Å². The molecule has 316 valence electrons. The summed E-state index contributed by atoms with van der Waals surface area (Å²) in [5.41, 5.74) is 0.621. The molecule has 5 aromatic rings. The number of hydrogen-bond acceptors (Lipinski definition) is 11. The van der Waals surface area contributed by atoms with Gasteiger partial charge >= 0.3 is 5.97 Å². The highest BCUT2D eigenvalue weighted by atomic mass is 35.5. The molecule has 1 atom stereocenters. The number of aromatic amines is 1. The predicted octanol–water partition coefficient (Wildman–Crippen LogP) is 8.91. The first kappa shape index (κ1) is 44.7. The predicted molar refractivity (Wildman–Crippen MR) is 240 cm³/mol. The molecule has 3 heterocycles. The lowest BCUT2D eigenvalue weighted by Gasteiger charge is -2.39. The Morgan fingerprint density at radius 3 is 2.29 bits per heavy atom. The molecule has 1 saturated carbocycles. The van der Waals surface area contributed by atoms with Gasteiger partial charge in [0.05, 0.1) is 32.1 Å². The van der Waals surface area contributed by atoms with Gasteiger partial charge in [0.15, 0.2) is 8.32 Å². The molecule has 0 spiro atoms. The van der Waals surface area contributed by atoms with Crippen molar-refractivity contribution >= 4 is 71.1 Å². The highest BCUT2D eigenvalue weighted by Gasteiger charge is 2.45. The number of aromatic nitrogens is 1. The summed E-state index contributed by atoms with van der Waals surface area (Å²) < 4.78 is 12.8. The number of rotatable bonds is 16. The molecule has 0 unspecified atom stereocenters. The maximum atomic E-state index is 13.4. The molecule has 0 radical (unpaired) electrons. The van der Waals surface area contributed by atoms with Gasteiger partial charge in [-0.2, -0.15) is 0 Å². The van der Waals surface area contributed by atoms with Gasteiger partial charge in [0.2, 0.25) is 17.1 Å². The third-order valence-corrected chi connectivity index (χ3v) is 18.5. The minimum Gasteiger partial charge on any atom is -0.506 e. The maximum Gasteiger partial charge on any atom is 0.349 e. The number of fused-ring (bicyclic) bond motifs is 1. The number of nitrogens with zero attached hydrogens (tertiary/aromatic N) is 1. The molecule has 11 nitrogen and oxygen atoms in total. The van der Waals surface area contributed by atoms with E-state index in [1.54, 1.807) is 24.3 Å². The van der Waals surface area contributed by atoms with Crippen LogP contribution in [0.4, 0.5) is 5.69 Å². The fourth-order valence-electron chi connectivity index (χ4n) is 7.21. The summed E-state index contributed by atoms with van der Waals surface area (Å²) in [7, 11) is -0.228. The van der Waals surface area contributed by atoms with E-state index in [9.17, 15) is 24.6 Å². The second-order valence-corrected chi connectivity index (χ2v) is 23.9. The minimum atomic E-state index is -2.24. The number of aliphatic hydroxyl groups is 1. The maximum absolute atomic E-state index is 13.4. The summed E-state index contributed by atoms with van der Waals surface area (Å²) >= 11 is 9.34. The molecule has 1 aliphatic rings. The minimum absolute atomic E-state index is 0.00425. The number of thiophene rings is 2. The van der Waals surface area contributed by atoms with E-state index in [-0.39, 0.29) is 46.9 Å². The molecular formula is C44H55ClN4O7S2Si. The first-order valence-corrected chi connectivity index (χ1v) is 25.0. The summed E-state index contributed by atoms with van der Waals surface area (Å²) in [6.07, 6.45) is 2.61. The molecule has 5 N–H and O–H groups in total. The number of halogens is 1. The van der Waals surface area contributed by atoms with E-state index in [2.05, 4.69) is 54.4 Å². The number of aromatic hydroxyl groups is 1. The van der Waals surface area contributed by atoms with E-state index >= 15 is 0 Å². The quantitative estimate of drug-likeness (QED) is 0.0483. The Hall–Kier alpha value is -3.86. The lowest BCUT2D eigenvalue weighted by atomic mass is 9.91. The van der Waals surface area contributed by atoms with Crippen molar-refractivity contribution in [1.29, 1.82) is 0 Å². The molecule has 59 heavy (non-hydrogen) atoms. The van der Waals surface area contributed by atoms with Gasteiger partial charge in [-0.3, -0.25) is 9.59 Å². The molecule has 0 saturated heterocycles. The highest BCUT2D eigenvalue weighted by molar-refractivity contribution is 7.12. The van der Waals surface area contributed by atoms with Gasteiger partial charge in [0, 0.05) is 43.5 Å². The smallest absolute Gasteiger partial charge is 0.349 e. The number of pyridine rings is 1. The van der Waals surface area contributed by atoms with E-state index in [1.807, 2.05) is 54.2 Å².